The summed E-state index contributed by atoms with van der Waals surface area (Å²) in [6.07, 6.45) is 14.1. The molecule has 0 spiro atoms. The van der Waals surface area contributed by atoms with Crippen molar-refractivity contribution in [1.82, 2.24) is 15.1 Å². The number of allylic oxidation sites excluding steroid dienone is 6. The third kappa shape index (κ3) is 2.86. The summed E-state index contributed by atoms with van der Waals surface area (Å²) >= 11 is 0. The Hall–Kier alpha value is -2.81. The van der Waals surface area contributed by atoms with E-state index in [2.05, 4.69) is 35.7 Å². The fourth-order valence-electron chi connectivity index (χ4n) is 3.46. The van der Waals surface area contributed by atoms with Gasteiger partial charge >= 0.3 is 6.03 Å². The van der Waals surface area contributed by atoms with Crippen molar-refractivity contribution in [3.63, 3.8) is 0 Å². The molecule has 1 fully saturated rings. The van der Waals surface area contributed by atoms with Gasteiger partial charge in [-0.05, 0) is 30.9 Å². The molecule has 3 unspecified atom stereocenters. The number of amides is 2. The van der Waals surface area contributed by atoms with E-state index in [0.717, 1.165) is 24.0 Å². The molecule has 0 aromatic carbocycles. The normalized spacial score (nSPS) is 32.1. The predicted octanol–water partition coefficient (Wildman–Crippen LogP) is 2.75. The highest BCUT2D eigenvalue weighted by Crippen LogP contribution is 2.34. The molecule has 0 radical (unpaired) electrons. The van der Waals surface area contributed by atoms with E-state index < -0.39 is 5.66 Å². The van der Waals surface area contributed by atoms with Crippen molar-refractivity contribution in [2.75, 3.05) is 14.1 Å². The molecule has 2 aliphatic carbocycles. The van der Waals surface area contributed by atoms with Crippen molar-refractivity contribution in [3.8, 4) is 6.07 Å². The zero-order chi connectivity index (χ0) is 18.2. The van der Waals surface area contributed by atoms with Gasteiger partial charge in [0.15, 0.2) is 0 Å². The van der Waals surface area contributed by atoms with Crippen molar-refractivity contribution in [3.05, 3.63) is 47.6 Å². The summed E-state index contributed by atoms with van der Waals surface area (Å²) in [5, 5.41) is 20.4. The number of urea groups is 1. The summed E-state index contributed by atoms with van der Waals surface area (Å²) in [6.45, 7) is 1.91. The van der Waals surface area contributed by atoms with Crippen molar-refractivity contribution in [2.45, 2.75) is 25.4 Å². The number of nitrogens with one attached hydrogen (secondary N) is 2. The summed E-state index contributed by atoms with van der Waals surface area (Å²) < 4.78 is 0. The molecule has 0 aromatic heterocycles. The summed E-state index contributed by atoms with van der Waals surface area (Å²) in [5.41, 5.74) is 1.31. The van der Waals surface area contributed by atoms with Gasteiger partial charge < -0.3 is 10.2 Å². The van der Waals surface area contributed by atoms with E-state index in [9.17, 15) is 10.1 Å². The fourth-order valence-corrected chi connectivity index (χ4v) is 3.46. The highest BCUT2D eigenvalue weighted by Gasteiger charge is 2.43. The molecule has 2 amide bonds. The molecule has 1 heterocycles. The summed E-state index contributed by atoms with van der Waals surface area (Å²) in [6, 6.07) is 2.09. The third-order valence-corrected chi connectivity index (χ3v) is 5.26. The molecular weight excluding hydrogens is 314 g/mol. The number of guanidine groups is 1. The van der Waals surface area contributed by atoms with Crippen molar-refractivity contribution < 1.29 is 4.79 Å². The largest absolute Gasteiger partial charge is 0.329 e. The van der Waals surface area contributed by atoms with Crippen LogP contribution >= 0.6 is 0 Å². The molecule has 3 atom stereocenters. The van der Waals surface area contributed by atoms with Crippen LogP contribution in [-0.4, -0.2) is 41.5 Å². The highest BCUT2D eigenvalue weighted by molar-refractivity contribution is 5.98. The van der Waals surface area contributed by atoms with Gasteiger partial charge in [0.05, 0.1) is 12.0 Å². The van der Waals surface area contributed by atoms with Crippen LogP contribution in [0, 0.1) is 28.6 Å². The van der Waals surface area contributed by atoms with E-state index >= 15 is 0 Å². The molecule has 6 heteroatoms. The Morgan fingerprint density at radius 3 is 2.72 bits per heavy atom. The average Bonchev–Trinajstić information content (AvgIpc) is 2.65. The number of likely N-dealkylation sites (N-methyl/N-ethyl adjacent to an activating group) is 1. The quantitative estimate of drug-likeness (QED) is 0.813. The zero-order valence-corrected chi connectivity index (χ0v) is 14.8. The lowest BCUT2D eigenvalue weighted by atomic mass is 9.82. The van der Waals surface area contributed by atoms with Gasteiger partial charge in [0.1, 0.15) is 5.66 Å². The minimum atomic E-state index is -0.774. The lowest BCUT2D eigenvalue weighted by molar-refractivity contribution is 0.122. The first-order chi connectivity index (χ1) is 11.9. The summed E-state index contributed by atoms with van der Waals surface area (Å²) in [7, 11) is 3.32. The number of rotatable bonds is 2. The monoisotopic (exact) mass is 337 g/mol. The minimum absolute atomic E-state index is 0.0720. The highest BCUT2D eigenvalue weighted by atomic mass is 16.2. The van der Waals surface area contributed by atoms with Gasteiger partial charge in [0, 0.05) is 20.0 Å². The molecule has 0 aromatic rings. The number of nitrogens with zero attached hydrogens (tertiary/aromatic N) is 3. The van der Waals surface area contributed by atoms with Crippen LogP contribution in [0.4, 0.5) is 4.79 Å². The van der Waals surface area contributed by atoms with Crippen molar-refractivity contribution >= 4 is 12.0 Å². The lowest BCUT2D eigenvalue weighted by Gasteiger charge is -2.48. The van der Waals surface area contributed by atoms with Crippen molar-refractivity contribution in [2.24, 2.45) is 11.8 Å². The van der Waals surface area contributed by atoms with Crippen LogP contribution in [0.1, 0.15) is 19.8 Å². The van der Waals surface area contributed by atoms with Crippen LogP contribution in [0.3, 0.4) is 0 Å². The maximum atomic E-state index is 12.4. The molecule has 2 N–H and O–H groups in total. The fraction of sp³-hybridized carbons (Fsp3) is 0.421. The Labute approximate surface area is 148 Å². The molecule has 3 rings (SSSR count). The van der Waals surface area contributed by atoms with Crippen LogP contribution < -0.4 is 5.32 Å². The standard InChI is InChI=1S/C19H23N5O/c1-19(22-17(21)23(2)18(25)24(19)3)16-9-5-8-15(11-16)14-7-4-6-13(10-14)12-20/h4-5,7,9-11,13,15H,6,8H2,1-3H3,(H2,21,22). The predicted molar refractivity (Wildman–Crippen MR) is 96.5 cm³/mol. The van der Waals surface area contributed by atoms with Crippen LogP contribution in [0.15, 0.2) is 47.6 Å². The maximum absolute atomic E-state index is 12.4. The topological polar surface area (TPSA) is 83.2 Å². The molecule has 6 nitrogen and oxygen atoms in total. The number of nitriles is 1. The summed E-state index contributed by atoms with van der Waals surface area (Å²) in [5.74, 6) is 0.184. The molecule has 3 aliphatic rings. The zero-order valence-electron chi connectivity index (χ0n) is 14.8. The number of hydrogen-bond acceptors (Lipinski definition) is 3. The van der Waals surface area contributed by atoms with Crippen LogP contribution in [0.5, 0.6) is 0 Å². The van der Waals surface area contributed by atoms with Crippen LogP contribution in [0.25, 0.3) is 0 Å². The molecule has 1 saturated heterocycles. The first-order valence-electron chi connectivity index (χ1n) is 8.41. The molecule has 25 heavy (non-hydrogen) atoms. The van der Waals surface area contributed by atoms with Gasteiger partial charge in [-0.1, -0.05) is 36.5 Å². The Bertz CT molecular complexity index is 769. The molecule has 130 valence electrons. The second-order valence-corrected chi connectivity index (χ2v) is 6.85. The molecular formula is C19H23N5O. The van der Waals surface area contributed by atoms with E-state index in [1.54, 1.807) is 19.0 Å². The molecule has 1 aliphatic heterocycles. The van der Waals surface area contributed by atoms with E-state index in [1.807, 2.05) is 19.1 Å². The third-order valence-electron chi connectivity index (χ3n) is 5.26. The first-order valence-corrected chi connectivity index (χ1v) is 8.41. The second-order valence-electron chi connectivity index (χ2n) is 6.85. The average molecular weight is 337 g/mol. The Morgan fingerprint density at radius 2 is 2.00 bits per heavy atom. The maximum Gasteiger partial charge on any atom is 0.328 e. The van der Waals surface area contributed by atoms with Crippen LogP contribution in [0.2, 0.25) is 0 Å². The van der Waals surface area contributed by atoms with Gasteiger partial charge in [0.25, 0.3) is 0 Å². The first kappa shape index (κ1) is 17.0. The van der Waals surface area contributed by atoms with E-state index in [-0.39, 0.29) is 23.8 Å². The lowest BCUT2D eigenvalue weighted by Crippen LogP contribution is -2.70. The Balaban J connectivity index is 1.93. The van der Waals surface area contributed by atoms with Gasteiger partial charge in [-0.2, -0.15) is 5.26 Å². The van der Waals surface area contributed by atoms with Gasteiger partial charge in [0.2, 0.25) is 5.96 Å². The smallest absolute Gasteiger partial charge is 0.328 e. The number of hydrogen-bond donors (Lipinski definition) is 2. The number of carbonyl (C=O) groups excluding carboxylic acids is 1. The van der Waals surface area contributed by atoms with E-state index in [4.69, 9.17) is 5.41 Å². The van der Waals surface area contributed by atoms with E-state index in [0.29, 0.717) is 0 Å². The SMILES string of the molecule is CN1C(=N)NC(C)(C2=CC(C3=CC(C#N)CC=C3)CC=C2)N(C)C1=O. The Morgan fingerprint density at radius 1 is 1.28 bits per heavy atom. The van der Waals surface area contributed by atoms with Crippen LogP contribution in [-0.2, 0) is 0 Å². The minimum Gasteiger partial charge on any atom is -0.329 e. The molecule has 0 bridgehead atoms. The molecule has 0 saturated carbocycles. The van der Waals surface area contributed by atoms with E-state index in [1.165, 1.54) is 4.90 Å². The summed E-state index contributed by atoms with van der Waals surface area (Å²) in [4.78, 5) is 15.3. The van der Waals surface area contributed by atoms with Crippen molar-refractivity contribution in [1.29, 1.82) is 10.7 Å². The van der Waals surface area contributed by atoms with Gasteiger partial charge in [-0.15, -0.1) is 0 Å². The van der Waals surface area contributed by atoms with Gasteiger partial charge in [-0.3, -0.25) is 10.3 Å². The van der Waals surface area contributed by atoms with Gasteiger partial charge in [-0.25, -0.2) is 4.79 Å². The Kier molecular flexibility index (Phi) is 4.25. The number of carbonyl (C=O) groups is 1. The second kappa shape index (κ2) is 6.25.